The van der Waals surface area contributed by atoms with Crippen molar-refractivity contribution in [3.05, 3.63) is 11.8 Å². The highest BCUT2D eigenvalue weighted by Crippen LogP contribution is 2.24. The van der Waals surface area contributed by atoms with Crippen LogP contribution in [-0.2, 0) is 14.3 Å². The Morgan fingerprint density at radius 3 is 2.37 bits per heavy atom. The van der Waals surface area contributed by atoms with Crippen LogP contribution in [0, 0.1) is 5.92 Å². The van der Waals surface area contributed by atoms with Crippen molar-refractivity contribution in [2.45, 2.75) is 92.1 Å². The minimum absolute atomic E-state index is 0.301. The predicted molar refractivity (Wildman–Crippen MR) is 120 cm³/mol. The Labute approximate surface area is 182 Å². The van der Waals surface area contributed by atoms with E-state index in [1.165, 1.54) is 6.42 Å². The summed E-state index contributed by atoms with van der Waals surface area (Å²) < 4.78 is 10.6. The van der Waals surface area contributed by atoms with Gasteiger partial charge in [-0.05, 0) is 72.1 Å². The molecule has 7 nitrogen and oxygen atoms in total. The molecule has 0 aliphatic carbocycles. The molecule has 1 fully saturated rings. The molecular weight excluding hydrogens is 382 g/mol. The molecule has 1 unspecified atom stereocenters. The van der Waals surface area contributed by atoms with Crippen molar-refractivity contribution < 1.29 is 19.1 Å². The molecule has 0 saturated carbocycles. The number of amides is 1. The SMILES string of the molecule is CCCCCC/C(=C/N1CCCC1)C(C(=O)OCC)/C(C)=N/NC(=O)OC(C)(C)C. The minimum Gasteiger partial charge on any atom is -0.465 e. The lowest BCUT2D eigenvalue weighted by molar-refractivity contribution is -0.144. The summed E-state index contributed by atoms with van der Waals surface area (Å²) in [6, 6.07) is 0. The van der Waals surface area contributed by atoms with E-state index in [0.29, 0.717) is 12.3 Å². The second kappa shape index (κ2) is 13.3. The highest BCUT2D eigenvalue weighted by Gasteiger charge is 2.29. The Morgan fingerprint density at radius 1 is 1.13 bits per heavy atom. The average Bonchev–Trinajstić information content (AvgIpc) is 3.15. The van der Waals surface area contributed by atoms with Gasteiger partial charge in [0.1, 0.15) is 11.5 Å². The maximum Gasteiger partial charge on any atom is 0.428 e. The molecule has 1 amide bonds. The van der Waals surface area contributed by atoms with Gasteiger partial charge in [-0.2, -0.15) is 5.10 Å². The molecule has 172 valence electrons. The number of hydrogen-bond acceptors (Lipinski definition) is 6. The number of hydrazone groups is 1. The van der Waals surface area contributed by atoms with E-state index in [1.807, 2.05) is 0 Å². The maximum atomic E-state index is 12.9. The van der Waals surface area contributed by atoms with Crippen molar-refractivity contribution in [3.63, 3.8) is 0 Å². The molecule has 1 rings (SSSR count). The number of nitrogens with zero attached hydrogens (tertiary/aromatic N) is 2. The van der Waals surface area contributed by atoms with Crippen LogP contribution in [-0.4, -0.2) is 48.0 Å². The summed E-state index contributed by atoms with van der Waals surface area (Å²) in [7, 11) is 0. The standard InChI is InChI=1S/C23H41N3O4/c1-7-9-10-11-14-19(17-26-15-12-13-16-26)20(21(27)29-8-2)18(3)24-25-22(28)30-23(4,5)6/h17,20H,7-16H2,1-6H3,(H,25,28)/b19-17-,24-18+. The summed E-state index contributed by atoms with van der Waals surface area (Å²) in [4.78, 5) is 27.1. The van der Waals surface area contributed by atoms with Gasteiger partial charge in [0, 0.05) is 13.1 Å². The van der Waals surface area contributed by atoms with E-state index in [-0.39, 0.29) is 5.97 Å². The Bertz CT molecular complexity index is 602. The second-order valence-corrected chi connectivity index (χ2v) is 8.81. The zero-order valence-electron chi connectivity index (χ0n) is 19.8. The highest BCUT2D eigenvalue weighted by atomic mass is 16.6. The summed E-state index contributed by atoms with van der Waals surface area (Å²) in [6.45, 7) is 13.4. The van der Waals surface area contributed by atoms with Gasteiger partial charge in [0.2, 0.25) is 0 Å². The first kappa shape index (κ1) is 26.0. The molecule has 7 heteroatoms. The van der Waals surface area contributed by atoms with Gasteiger partial charge in [-0.25, -0.2) is 10.2 Å². The predicted octanol–water partition coefficient (Wildman–Crippen LogP) is 5.02. The van der Waals surface area contributed by atoms with E-state index in [2.05, 4.69) is 28.6 Å². The van der Waals surface area contributed by atoms with Crippen LogP contribution < -0.4 is 5.43 Å². The first-order chi connectivity index (χ1) is 14.2. The molecule has 0 aromatic carbocycles. The quantitative estimate of drug-likeness (QED) is 0.218. The molecule has 0 spiro atoms. The third-order valence-electron chi connectivity index (χ3n) is 4.84. The number of nitrogens with one attached hydrogen (secondary N) is 1. The van der Waals surface area contributed by atoms with Crippen LogP contribution >= 0.6 is 0 Å². The van der Waals surface area contributed by atoms with E-state index in [4.69, 9.17) is 9.47 Å². The topological polar surface area (TPSA) is 80.2 Å². The van der Waals surface area contributed by atoms with Crippen LogP contribution in [0.2, 0.25) is 0 Å². The maximum absolute atomic E-state index is 12.9. The van der Waals surface area contributed by atoms with Gasteiger partial charge in [-0.1, -0.05) is 26.2 Å². The molecule has 30 heavy (non-hydrogen) atoms. The fourth-order valence-corrected chi connectivity index (χ4v) is 3.46. The number of carbonyl (C=O) groups excluding carboxylic acids is 2. The molecule has 1 atom stereocenters. The van der Waals surface area contributed by atoms with Gasteiger partial charge < -0.3 is 14.4 Å². The number of ether oxygens (including phenoxy) is 2. The van der Waals surface area contributed by atoms with E-state index in [9.17, 15) is 9.59 Å². The van der Waals surface area contributed by atoms with E-state index < -0.39 is 17.6 Å². The van der Waals surface area contributed by atoms with Gasteiger partial charge in [-0.15, -0.1) is 0 Å². The molecule has 1 heterocycles. The smallest absolute Gasteiger partial charge is 0.428 e. The van der Waals surface area contributed by atoms with Gasteiger partial charge in [0.25, 0.3) is 0 Å². The summed E-state index contributed by atoms with van der Waals surface area (Å²) in [6.07, 6.45) is 9.07. The number of hydrogen-bond donors (Lipinski definition) is 1. The molecule has 0 aromatic heterocycles. The van der Waals surface area contributed by atoms with E-state index in [0.717, 1.165) is 57.2 Å². The zero-order valence-corrected chi connectivity index (χ0v) is 19.8. The van der Waals surface area contributed by atoms with Gasteiger partial charge in [0.15, 0.2) is 0 Å². The third kappa shape index (κ3) is 10.1. The Hall–Kier alpha value is -2.05. The molecule has 1 aliphatic rings. The molecular formula is C23H41N3O4. The first-order valence-electron chi connectivity index (χ1n) is 11.3. The van der Waals surface area contributed by atoms with Crippen LogP contribution in [0.1, 0.15) is 86.5 Å². The lowest BCUT2D eigenvalue weighted by Crippen LogP contribution is -2.33. The Balaban J connectivity index is 3.06. The average molecular weight is 424 g/mol. The number of esters is 1. The number of unbranched alkanes of at least 4 members (excludes halogenated alkanes) is 3. The lowest BCUT2D eigenvalue weighted by atomic mass is 9.90. The van der Waals surface area contributed by atoms with Crippen molar-refractivity contribution >= 4 is 17.8 Å². The number of carbonyl (C=O) groups is 2. The molecule has 1 aliphatic heterocycles. The van der Waals surface area contributed by atoms with Crippen molar-refractivity contribution in [2.24, 2.45) is 11.0 Å². The van der Waals surface area contributed by atoms with Crippen LogP contribution in [0.15, 0.2) is 16.9 Å². The largest absolute Gasteiger partial charge is 0.465 e. The molecule has 1 N–H and O–H groups in total. The highest BCUT2D eigenvalue weighted by molar-refractivity contribution is 6.04. The van der Waals surface area contributed by atoms with E-state index >= 15 is 0 Å². The number of rotatable bonds is 11. The van der Waals surface area contributed by atoms with E-state index in [1.54, 1.807) is 34.6 Å². The van der Waals surface area contributed by atoms with Crippen LogP contribution in [0.4, 0.5) is 4.79 Å². The third-order valence-corrected chi connectivity index (χ3v) is 4.84. The second-order valence-electron chi connectivity index (χ2n) is 8.81. The van der Waals surface area contributed by atoms with Crippen LogP contribution in [0.5, 0.6) is 0 Å². The Morgan fingerprint density at radius 2 is 1.80 bits per heavy atom. The van der Waals surface area contributed by atoms with Gasteiger partial charge in [-0.3, -0.25) is 4.79 Å². The fraction of sp³-hybridized carbons (Fsp3) is 0.783. The van der Waals surface area contributed by atoms with Crippen LogP contribution in [0.3, 0.4) is 0 Å². The molecule has 1 saturated heterocycles. The Kier molecular flexibility index (Phi) is 11.5. The molecule has 0 bridgehead atoms. The van der Waals surface area contributed by atoms with Crippen LogP contribution in [0.25, 0.3) is 0 Å². The van der Waals surface area contributed by atoms with Crippen molar-refractivity contribution in [3.8, 4) is 0 Å². The first-order valence-corrected chi connectivity index (χ1v) is 11.3. The van der Waals surface area contributed by atoms with Gasteiger partial charge in [0.05, 0.1) is 12.3 Å². The fourth-order valence-electron chi connectivity index (χ4n) is 3.46. The summed E-state index contributed by atoms with van der Waals surface area (Å²) >= 11 is 0. The van der Waals surface area contributed by atoms with Gasteiger partial charge >= 0.3 is 12.1 Å². The minimum atomic E-state index is -0.641. The van der Waals surface area contributed by atoms with Crippen molar-refractivity contribution in [1.82, 2.24) is 10.3 Å². The summed E-state index contributed by atoms with van der Waals surface area (Å²) in [5, 5.41) is 4.18. The molecule has 0 aromatic rings. The monoisotopic (exact) mass is 423 g/mol. The normalized spacial score (nSPS) is 16.4. The summed E-state index contributed by atoms with van der Waals surface area (Å²) in [5.41, 5.74) is 3.30. The summed E-state index contributed by atoms with van der Waals surface area (Å²) in [5.74, 6) is -0.937. The lowest BCUT2D eigenvalue weighted by Gasteiger charge is -2.23. The molecule has 0 radical (unpaired) electrons. The number of likely N-dealkylation sites (tertiary alicyclic amines) is 1. The van der Waals surface area contributed by atoms with Crippen molar-refractivity contribution in [1.29, 1.82) is 0 Å². The van der Waals surface area contributed by atoms with Crippen molar-refractivity contribution in [2.75, 3.05) is 19.7 Å². The zero-order chi connectivity index (χ0) is 22.6.